The SMILES string of the molecule is CCC(C)N1CC(C)(C)NC(CCC(=O)O)C1=O. The predicted molar refractivity (Wildman–Crippen MR) is 69.3 cm³/mol. The standard InChI is InChI=1S/C13H24N2O3/c1-5-9(2)15-8-13(3,4)14-10(12(15)18)6-7-11(16)17/h9-10,14H,5-8H2,1-4H3,(H,16,17). The van der Waals surface area contributed by atoms with E-state index in [2.05, 4.69) is 12.2 Å². The fourth-order valence-electron chi connectivity index (χ4n) is 2.34. The van der Waals surface area contributed by atoms with E-state index in [0.29, 0.717) is 13.0 Å². The molecule has 1 amide bonds. The van der Waals surface area contributed by atoms with Crippen LogP contribution in [0.2, 0.25) is 0 Å². The van der Waals surface area contributed by atoms with Crippen LogP contribution >= 0.6 is 0 Å². The summed E-state index contributed by atoms with van der Waals surface area (Å²) < 4.78 is 0. The average Bonchev–Trinajstić information content (AvgIpc) is 2.28. The van der Waals surface area contributed by atoms with Gasteiger partial charge < -0.3 is 10.0 Å². The Kier molecular flexibility index (Phi) is 4.73. The smallest absolute Gasteiger partial charge is 0.303 e. The highest BCUT2D eigenvalue weighted by Gasteiger charge is 2.39. The summed E-state index contributed by atoms with van der Waals surface area (Å²) in [6, 6.07) is -0.176. The minimum Gasteiger partial charge on any atom is -0.481 e. The number of rotatable bonds is 5. The lowest BCUT2D eigenvalue weighted by Crippen LogP contribution is -2.66. The first-order chi connectivity index (χ1) is 8.26. The third kappa shape index (κ3) is 3.70. The van der Waals surface area contributed by atoms with Gasteiger partial charge in [0.15, 0.2) is 0 Å². The van der Waals surface area contributed by atoms with Crippen LogP contribution in [0.5, 0.6) is 0 Å². The molecule has 1 aliphatic heterocycles. The Labute approximate surface area is 109 Å². The molecule has 2 N–H and O–H groups in total. The first-order valence-corrected chi connectivity index (χ1v) is 6.57. The molecule has 0 aromatic heterocycles. The van der Waals surface area contributed by atoms with Crippen LogP contribution in [-0.4, -0.2) is 46.1 Å². The molecule has 1 saturated heterocycles. The van der Waals surface area contributed by atoms with E-state index in [1.807, 2.05) is 25.7 Å². The number of nitrogens with one attached hydrogen (secondary N) is 1. The molecule has 0 aromatic carbocycles. The molecular weight excluding hydrogens is 232 g/mol. The number of hydrogen-bond donors (Lipinski definition) is 2. The number of aliphatic carboxylic acids is 1. The Morgan fingerprint density at radius 1 is 1.61 bits per heavy atom. The van der Waals surface area contributed by atoms with Gasteiger partial charge in [-0.05, 0) is 33.6 Å². The maximum Gasteiger partial charge on any atom is 0.303 e. The number of amides is 1. The zero-order chi connectivity index (χ0) is 13.9. The number of hydrogen-bond acceptors (Lipinski definition) is 3. The first-order valence-electron chi connectivity index (χ1n) is 6.57. The van der Waals surface area contributed by atoms with Crippen molar-refractivity contribution >= 4 is 11.9 Å². The summed E-state index contributed by atoms with van der Waals surface area (Å²) in [5.74, 6) is -0.826. The van der Waals surface area contributed by atoms with Crippen LogP contribution in [0.3, 0.4) is 0 Å². The summed E-state index contributed by atoms with van der Waals surface area (Å²) in [7, 11) is 0. The van der Waals surface area contributed by atoms with Crippen molar-refractivity contribution in [2.75, 3.05) is 6.54 Å². The molecule has 0 spiro atoms. The lowest BCUT2D eigenvalue weighted by molar-refractivity contribution is -0.142. The number of nitrogens with zero attached hydrogens (tertiary/aromatic N) is 1. The van der Waals surface area contributed by atoms with E-state index in [-0.39, 0.29) is 30.0 Å². The van der Waals surface area contributed by atoms with Gasteiger partial charge in [-0.3, -0.25) is 14.9 Å². The highest BCUT2D eigenvalue weighted by Crippen LogP contribution is 2.21. The summed E-state index contributed by atoms with van der Waals surface area (Å²) in [4.78, 5) is 24.8. The highest BCUT2D eigenvalue weighted by atomic mass is 16.4. The van der Waals surface area contributed by atoms with E-state index in [1.165, 1.54) is 0 Å². The van der Waals surface area contributed by atoms with E-state index < -0.39 is 5.97 Å². The molecule has 1 fully saturated rings. The van der Waals surface area contributed by atoms with Gasteiger partial charge in [-0.15, -0.1) is 0 Å². The van der Waals surface area contributed by atoms with Gasteiger partial charge in [0.25, 0.3) is 0 Å². The molecule has 5 nitrogen and oxygen atoms in total. The van der Waals surface area contributed by atoms with Crippen molar-refractivity contribution < 1.29 is 14.7 Å². The zero-order valence-corrected chi connectivity index (χ0v) is 11.7. The van der Waals surface area contributed by atoms with Crippen molar-refractivity contribution in [2.45, 2.75) is 64.6 Å². The normalized spacial score (nSPS) is 25.0. The van der Waals surface area contributed by atoms with Crippen molar-refractivity contribution in [2.24, 2.45) is 0 Å². The molecule has 104 valence electrons. The zero-order valence-electron chi connectivity index (χ0n) is 11.7. The van der Waals surface area contributed by atoms with Crippen LogP contribution in [0.15, 0.2) is 0 Å². The van der Waals surface area contributed by atoms with E-state index in [9.17, 15) is 9.59 Å². The van der Waals surface area contributed by atoms with Crippen LogP contribution in [0.25, 0.3) is 0 Å². The Bertz CT molecular complexity index is 328. The number of carbonyl (C=O) groups excluding carboxylic acids is 1. The topological polar surface area (TPSA) is 69.6 Å². The van der Waals surface area contributed by atoms with E-state index in [4.69, 9.17) is 5.11 Å². The second-order valence-corrected chi connectivity index (χ2v) is 5.74. The fraction of sp³-hybridized carbons (Fsp3) is 0.846. The van der Waals surface area contributed by atoms with E-state index >= 15 is 0 Å². The molecule has 0 bridgehead atoms. The van der Waals surface area contributed by atoms with Gasteiger partial charge in [0.1, 0.15) is 0 Å². The van der Waals surface area contributed by atoms with Crippen molar-refractivity contribution in [3.63, 3.8) is 0 Å². The van der Waals surface area contributed by atoms with Crippen LogP contribution in [0.4, 0.5) is 0 Å². The third-order valence-electron chi connectivity index (χ3n) is 3.48. The molecule has 1 rings (SSSR count). The lowest BCUT2D eigenvalue weighted by atomic mass is 9.94. The molecule has 0 aliphatic carbocycles. The summed E-state index contributed by atoms with van der Waals surface area (Å²) >= 11 is 0. The quantitative estimate of drug-likeness (QED) is 0.776. The third-order valence-corrected chi connectivity index (χ3v) is 3.48. The molecule has 0 radical (unpaired) electrons. The highest BCUT2D eigenvalue weighted by molar-refractivity contribution is 5.84. The molecule has 0 saturated carbocycles. The number of carbonyl (C=O) groups is 2. The van der Waals surface area contributed by atoms with E-state index in [1.54, 1.807) is 0 Å². The molecule has 18 heavy (non-hydrogen) atoms. The predicted octanol–water partition coefficient (Wildman–Crippen LogP) is 1.23. The largest absolute Gasteiger partial charge is 0.481 e. The van der Waals surface area contributed by atoms with Crippen LogP contribution in [0.1, 0.15) is 47.0 Å². The summed E-state index contributed by atoms with van der Waals surface area (Å²) in [6.07, 6.45) is 1.28. The maximum absolute atomic E-state index is 12.3. The average molecular weight is 256 g/mol. The second-order valence-electron chi connectivity index (χ2n) is 5.74. The molecule has 2 unspecified atom stereocenters. The minimum atomic E-state index is -0.858. The van der Waals surface area contributed by atoms with Gasteiger partial charge in [0.05, 0.1) is 6.04 Å². The van der Waals surface area contributed by atoms with Gasteiger partial charge in [-0.25, -0.2) is 0 Å². The molecule has 1 heterocycles. The summed E-state index contributed by atoms with van der Waals surface area (Å²) in [6.45, 7) is 8.85. The Balaban J connectivity index is 2.77. The van der Waals surface area contributed by atoms with Crippen LogP contribution in [-0.2, 0) is 9.59 Å². The second kappa shape index (κ2) is 5.69. The van der Waals surface area contributed by atoms with E-state index in [0.717, 1.165) is 6.42 Å². The summed E-state index contributed by atoms with van der Waals surface area (Å²) in [5, 5.41) is 12.0. The van der Waals surface area contributed by atoms with Crippen molar-refractivity contribution in [1.29, 1.82) is 0 Å². The number of carboxylic acids is 1. The molecule has 0 aromatic rings. The monoisotopic (exact) mass is 256 g/mol. The minimum absolute atomic E-state index is 0.0217. The van der Waals surface area contributed by atoms with Crippen molar-refractivity contribution in [3.8, 4) is 0 Å². The van der Waals surface area contributed by atoms with Gasteiger partial charge in [-0.2, -0.15) is 0 Å². The van der Waals surface area contributed by atoms with Crippen molar-refractivity contribution in [3.05, 3.63) is 0 Å². The van der Waals surface area contributed by atoms with Crippen molar-refractivity contribution in [1.82, 2.24) is 10.2 Å². The number of carboxylic acid groups (broad SMARTS) is 1. The fourth-order valence-corrected chi connectivity index (χ4v) is 2.34. The number of piperazine rings is 1. The maximum atomic E-state index is 12.3. The molecule has 2 atom stereocenters. The van der Waals surface area contributed by atoms with Crippen LogP contribution in [0, 0.1) is 0 Å². The Hall–Kier alpha value is -1.10. The molecular formula is C13H24N2O3. The summed E-state index contributed by atoms with van der Waals surface area (Å²) in [5.41, 5.74) is -0.166. The lowest BCUT2D eigenvalue weighted by Gasteiger charge is -2.45. The van der Waals surface area contributed by atoms with Gasteiger partial charge >= 0.3 is 5.97 Å². The first kappa shape index (κ1) is 15.0. The Morgan fingerprint density at radius 2 is 2.22 bits per heavy atom. The molecule has 1 aliphatic rings. The van der Waals surface area contributed by atoms with Gasteiger partial charge in [0.2, 0.25) is 5.91 Å². The van der Waals surface area contributed by atoms with Crippen LogP contribution < -0.4 is 5.32 Å². The van der Waals surface area contributed by atoms with Gasteiger partial charge in [0, 0.05) is 24.5 Å². The Morgan fingerprint density at radius 3 is 2.72 bits per heavy atom. The molecule has 5 heteroatoms. The van der Waals surface area contributed by atoms with Gasteiger partial charge in [-0.1, -0.05) is 6.92 Å².